The summed E-state index contributed by atoms with van der Waals surface area (Å²) in [6, 6.07) is 6.33. The van der Waals surface area contributed by atoms with Gasteiger partial charge < -0.3 is 30.9 Å². The molecule has 0 saturated carbocycles. The van der Waals surface area contributed by atoms with Crippen LogP contribution < -0.4 is 16.1 Å². The van der Waals surface area contributed by atoms with Crippen molar-refractivity contribution in [2.45, 2.75) is 6.54 Å². The number of fused-ring (bicyclic) bond motifs is 2. The predicted octanol–water partition coefficient (Wildman–Crippen LogP) is 0.905. The number of rotatable bonds is 8. The van der Waals surface area contributed by atoms with Crippen LogP contribution in [0, 0.1) is 0 Å². The largest absolute Gasteiger partial charge is 0.506 e. The molecule has 0 saturated heterocycles. The van der Waals surface area contributed by atoms with Gasteiger partial charge in [0.05, 0.1) is 28.6 Å². The highest BCUT2D eigenvalue weighted by Crippen LogP contribution is 2.42. The van der Waals surface area contributed by atoms with E-state index in [0.717, 1.165) is 11.9 Å². The molecule has 4 aromatic rings. The number of aliphatic hydroxyl groups excluding tert-OH is 1. The molecule has 0 spiro atoms. The van der Waals surface area contributed by atoms with E-state index in [1.165, 1.54) is 16.6 Å². The normalized spacial score (nSPS) is 12.0. The Morgan fingerprint density at radius 1 is 1.07 bits per heavy atom. The molecule has 0 bridgehead atoms. The van der Waals surface area contributed by atoms with Crippen molar-refractivity contribution in [3.63, 3.8) is 0 Å². The zero-order chi connectivity index (χ0) is 21.4. The fourth-order valence-corrected chi connectivity index (χ4v) is 3.78. The van der Waals surface area contributed by atoms with Crippen molar-refractivity contribution in [2.75, 3.05) is 45.7 Å². The van der Waals surface area contributed by atoms with E-state index in [1.54, 1.807) is 0 Å². The van der Waals surface area contributed by atoms with E-state index in [2.05, 4.69) is 15.7 Å². The second kappa shape index (κ2) is 7.94. The number of likely N-dealkylation sites (N-methyl/N-ethyl adjacent to an activating group) is 1. The number of anilines is 1. The zero-order valence-corrected chi connectivity index (χ0v) is 16.9. The average molecular weight is 411 g/mol. The van der Waals surface area contributed by atoms with Crippen molar-refractivity contribution in [1.29, 1.82) is 0 Å². The Hall–Kier alpha value is -3.14. The van der Waals surface area contributed by atoms with Crippen molar-refractivity contribution < 1.29 is 15.3 Å². The van der Waals surface area contributed by atoms with Crippen molar-refractivity contribution in [1.82, 2.24) is 19.8 Å². The number of pyridine rings is 1. The maximum atomic E-state index is 12.6. The number of hydrogen-bond donors (Lipinski definition) is 5. The lowest BCUT2D eigenvalue weighted by atomic mass is 10.0. The van der Waals surface area contributed by atoms with Gasteiger partial charge in [-0.1, -0.05) is 0 Å². The molecule has 30 heavy (non-hydrogen) atoms. The van der Waals surface area contributed by atoms with Gasteiger partial charge in [0.15, 0.2) is 5.43 Å². The number of benzene rings is 2. The zero-order valence-electron chi connectivity index (χ0n) is 16.9. The van der Waals surface area contributed by atoms with Crippen molar-refractivity contribution >= 4 is 32.9 Å². The quantitative estimate of drug-likeness (QED) is 0.214. The minimum Gasteiger partial charge on any atom is -0.506 e. The minimum absolute atomic E-state index is 0.00155. The minimum atomic E-state index is -0.391. The predicted molar refractivity (Wildman–Crippen MR) is 117 cm³/mol. The standard InChI is InChI=1S/C21H25N5O4/c1-25(2)9-7-23-13-4-3-12-14(11-22-8-10-27)24-26-19(12)17(13)21(30)18-15(28)5-6-16(29)20(18)26/h3-6,22-23,27,29-30H,7-11H2,1-2H3. The van der Waals surface area contributed by atoms with Gasteiger partial charge in [-0.2, -0.15) is 5.10 Å². The molecule has 5 N–H and O–H groups in total. The van der Waals surface area contributed by atoms with Crippen LogP contribution in [0.1, 0.15) is 5.69 Å². The SMILES string of the molecule is CN(C)CCNc1ccc2c(CNCCO)nn3c4c(O)ccc(=O)c4c(O)c1c23. The molecule has 158 valence electrons. The van der Waals surface area contributed by atoms with Gasteiger partial charge in [-0.25, -0.2) is 4.52 Å². The Morgan fingerprint density at radius 3 is 2.60 bits per heavy atom. The van der Waals surface area contributed by atoms with Crippen LogP contribution in [-0.4, -0.2) is 70.2 Å². The maximum absolute atomic E-state index is 12.6. The van der Waals surface area contributed by atoms with Gasteiger partial charge >= 0.3 is 0 Å². The number of nitrogens with one attached hydrogen (secondary N) is 2. The lowest BCUT2D eigenvalue weighted by Crippen LogP contribution is -2.20. The van der Waals surface area contributed by atoms with E-state index in [9.17, 15) is 15.0 Å². The molecule has 0 atom stereocenters. The number of aromatic nitrogens is 2. The molecule has 2 heterocycles. The molecule has 4 rings (SSSR count). The molecule has 9 heteroatoms. The highest BCUT2D eigenvalue weighted by atomic mass is 16.3. The molecular formula is C21H25N5O4. The van der Waals surface area contributed by atoms with Gasteiger partial charge in [0.1, 0.15) is 17.0 Å². The Morgan fingerprint density at radius 2 is 1.87 bits per heavy atom. The number of nitrogens with zero attached hydrogens (tertiary/aromatic N) is 3. The molecule has 0 aliphatic carbocycles. The number of aromatic hydroxyl groups is 2. The first-order valence-corrected chi connectivity index (χ1v) is 9.78. The lowest BCUT2D eigenvalue weighted by Gasteiger charge is -2.15. The molecule has 2 aromatic heterocycles. The number of aliphatic hydroxyl groups is 1. The fraction of sp³-hybridized carbons (Fsp3) is 0.333. The van der Waals surface area contributed by atoms with Crippen LogP contribution in [0.2, 0.25) is 0 Å². The van der Waals surface area contributed by atoms with E-state index < -0.39 is 5.43 Å². The van der Waals surface area contributed by atoms with Crippen LogP contribution in [0.5, 0.6) is 11.5 Å². The van der Waals surface area contributed by atoms with Crippen LogP contribution >= 0.6 is 0 Å². The van der Waals surface area contributed by atoms with Gasteiger partial charge in [0.2, 0.25) is 0 Å². The highest BCUT2D eigenvalue weighted by molar-refractivity contribution is 6.14. The molecular weight excluding hydrogens is 386 g/mol. The lowest BCUT2D eigenvalue weighted by molar-refractivity contribution is 0.291. The van der Waals surface area contributed by atoms with Crippen molar-refractivity contribution in [3.8, 4) is 11.5 Å². The third-order valence-corrected chi connectivity index (χ3v) is 5.18. The molecule has 2 aromatic carbocycles. The van der Waals surface area contributed by atoms with E-state index in [-0.39, 0.29) is 29.0 Å². The summed E-state index contributed by atoms with van der Waals surface area (Å²) in [5, 5.41) is 43.0. The number of hydrogen-bond acceptors (Lipinski definition) is 8. The molecule has 9 nitrogen and oxygen atoms in total. The first kappa shape index (κ1) is 20.1. The summed E-state index contributed by atoms with van der Waals surface area (Å²) in [7, 11) is 3.95. The molecule has 0 amide bonds. The molecule has 0 aliphatic heterocycles. The number of phenolic OH excluding ortho intramolecular Hbond substituents is 1. The molecule has 0 aliphatic rings. The van der Waals surface area contributed by atoms with Gasteiger partial charge in [-0.05, 0) is 38.4 Å². The third-order valence-electron chi connectivity index (χ3n) is 5.18. The molecule has 0 fully saturated rings. The fourth-order valence-electron chi connectivity index (χ4n) is 3.78. The second-order valence-electron chi connectivity index (χ2n) is 7.53. The van der Waals surface area contributed by atoms with E-state index in [1.807, 2.05) is 31.1 Å². The molecule has 0 unspecified atom stereocenters. The van der Waals surface area contributed by atoms with Crippen molar-refractivity contribution in [2.24, 2.45) is 0 Å². The van der Waals surface area contributed by atoms with Gasteiger partial charge in [-0.15, -0.1) is 0 Å². The first-order chi connectivity index (χ1) is 14.4. The topological polar surface area (TPSA) is 122 Å². The van der Waals surface area contributed by atoms with Crippen LogP contribution in [0.15, 0.2) is 29.1 Å². The van der Waals surface area contributed by atoms with Gasteiger partial charge in [0.25, 0.3) is 0 Å². The van der Waals surface area contributed by atoms with E-state index in [0.29, 0.717) is 41.9 Å². The maximum Gasteiger partial charge on any atom is 0.192 e. The summed E-state index contributed by atoms with van der Waals surface area (Å²) in [6.07, 6.45) is 0. The summed E-state index contributed by atoms with van der Waals surface area (Å²) in [4.78, 5) is 14.6. The summed E-state index contributed by atoms with van der Waals surface area (Å²) in [6.45, 7) is 2.24. The monoisotopic (exact) mass is 411 g/mol. The number of phenols is 1. The smallest absolute Gasteiger partial charge is 0.192 e. The average Bonchev–Trinajstić information content (AvgIpc) is 3.07. The van der Waals surface area contributed by atoms with Gasteiger partial charge in [-0.3, -0.25) is 4.79 Å². The van der Waals surface area contributed by atoms with E-state index in [4.69, 9.17) is 5.11 Å². The Bertz CT molecular complexity index is 1270. The third kappa shape index (κ3) is 3.26. The summed E-state index contributed by atoms with van der Waals surface area (Å²) in [5.41, 5.74) is 1.78. The van der Waals surface area contributed by atoms with Crippen LogP contribution in [0.25, 0.3) is 27.2 Å². The summed E-state index contributed by atoms with van der Waals surface area (Å²) >= 11 is 0. The summed E-state index contributed by atoms with van der Waals surface area (Å²) in [5.74, 6) is -0.307. The highest BCUT2D eigenvalue weighted by Gasteiger charge is 2.23. The van der Waals surface area contributed by atoms with Gasteiger partial charge in [0, 0.05) is 37.3 Å². The van der Waals surface area contributed by atoms with E-state index >= 15 is 0 Å². The Kier molecular flexibility index (Phi) is 5.33. The first-order valence-electron chi connectivity index (χ1n) is 9.78. The Labute approximate surface area is 172 Å². The van der Waals surface area contributed by atoms with Crippen molar-refractivity contribution in [3.05, 3.63) is 40.2 Å². The van der Waals surface area contributed by atoms with Crippen LogP contribution in [0.4, 0.5) is 5.69 Å². The summed E-state index contributed by atoms with van der Waals surface area (Å²) < 4.78 is 1.53. The Balaban J connectivity index is 2.02. The van der Waals surface area contributed by atoms with Crippen LogP contribution in [-0.2, 0) is 6.54 Å². The second-order valence-corrected chi connectivity index (χ2v) is 7.53. The van der Waals surface area contributed by atoms with Crippen LogP contribution in [0.3, 0.4) is 0 Å². The molecule has 0 radical (unpaired) electrons.